The molecule has 0 heterocycles. The Labute approximate surface area is 120 Å². The summed E-state index contributed by atoms with van der Waals surface area (Å²) in [5.74, 6) is 2.25. The van der Waals surface area contributed by atoms with E-state index in [1.54, 1.807) is 0 Å². The Morgan fingerprint density at radius 2 is 1.84 bits per heavy atom. The number of thioether (sulfide) groups is 1. The summed E-state index contributed by atoms with van der Waals surface area (Å²) < 4.78 is 0. The maximum atomic E-state index is 6.28. The SMILES string of the molecule is CCCCCSCC(N)c1ccc2ccccc2c1. The van der Waals surface area contributed by atoms with Crippen LogP contribution in [0.5, 0.6) is 0 Å². The average Bonchev–Trinajstić information content (AvgIpc) is 2.46. The summed E-state index contributed by atoms with van der Waals surface area (Å²) in [6, 6.07) is 15.2. The third-order valence-corrected chi connectivity index (χ3v) is 4.56. The minimum Gasteiger partial charge on any atom is -0.323 e. The van der Waals surface area contributed by atoms with Crippen molar-refractivity contribution < 1.29 is 0 Å². The highest BCUT2D eigenvalue weighted by atomic mass is 32.2. The molecule has 0 aliphatic carbocycles. The van der Waals surface area contributed by atoms with E-state index in [1.807, 2.05) is 11.8 Å². The van der Waals surface area contributed by atoms with Gasteiger partial charge in [-0.2, -0.15) is 11.8 Å². The summed E-state index contributed by atoms with van der Waals surface area (Å²) in [5.41, 5.74) is 7.53. The number of benzene rings is 2. The molecule has 0 fully saturated rings. The van der Waals surface area contributed by atoms with Gasteiger partial charge in [0.25, 0.3) is 0 Å². The first kappa shape index (κ1) is 14.4. The van der Waals surface area contributed by atoms with Gasteiger partial charge < -0.3 is 5.73 Å². The molecule has 0 amide bonds. The van der Waals surface area contributed by atoms with Crippen LogP contribution in [0.15, 0.2) is 42.5 Å². The minimum absolute atomic E-state index is 0.149. The van der Waals surface area contributed by atoms with Crippen LogP contribution < -0.4 is 5.73 Å². The van der Waals surface area contributed by atoms with E-state index in [1.165, 1.54) is 41.4 Å². The Hall–Kier alpha value is -0.990. The number of fused-ring (bicyclic) bond motifs is 1. The van der Waals surface area contributed by atoms with Crippen LogP contribution in [0.25, 0.3) is 10.8 Å². The van der Waals surface area contributed by atoms with E-state index < -0.39 is 0 Å². The first-order chi connectivity index (χ1) is 9.31. The minimum atomic E-state index is 0.149. The maximum absolute atomic E-state index is 6.28. The van der Waals surface area contributed by atoms with Crippen molar-refractivity contribution in [3.05, 3.63) is 48.0 Å². The van der Waals surface area contributed by atoms with E-state index in [-0.39, 0.29) is 6.04 Å². The van der Waals surface area contributed by atoms with Gasteiger partial charge in [-0.25, -0.2) is 0 Å². The number of hydrogen-bond acceptors (Lipinski definition) is 2. The number of hydrogen-bond donors (Lipinski definition) is 1. The second kappa shape index (κ2) is 7.56. The van der Waals surface area contributed by atoms with Crippen LogP contribution in [0.4, 0.5) is 0 Å². The van der Waals surface area contributed by atoms with Crippen LogP contribution in [0.3, 0.4) is 0 Å². The van der Waals surface area contributed by atoms with Gasteiger partial charge in [0.1, 0.15) is 0 Å². The van der Waals surface area contributed by atoms with Gasteiger partial charge in [-0.3, -0.25) is 0 Å². The smallest absolute Gasteiger partial charge is 0.0387 e. The van der Waals surface area contributed by atoms with Crippen LogP contribution in [0.2, 0.25) is 0 Å². The van der Waals surface area contributed by atoms with Crippen molar-refractivity contribution in [2.24, 2.45) is 5.73 Å². The third-order valence-electron chi connectivity index (χ3n) is 3.39. The van der Waals surface area contributed by atoms with Crippen LogP contribution in [0, 0.1) is 0 Å². The molecule has 2 rings (SSSR count). The van der Waals surface area contributed by atoms with E-state index in [4.69, 9.17) is 5.73 Å². The van der Waals surface area contributed by atoms with Gasteiger partial charge in [0, 0.05) is 11.8 Å². The molecule has 102 valence electrons. The zero-order chi connectivity index (χ0) is 13.5. The molecule has 2 aromatic carbocycles. The molecule has 0 spiro atoms. The maximum Gasteiger partial charge on any atom is 0.0387 e. The van der Waals surface area contributed by atoms with Crippen molar-refractivity contribution in [1.82, 2.24) is 0 Å². The molecule has 1 unspecified atom stereocenters. The molecule has 0 aromatic heterocycles. The van der Waals surface area contributed by atoms with Crippen molar-refractivity contribution in [3.63, 3.8) is 0 Å². The molecule has 1 atom stereocenters. The summed E-state index contributed by atoms with van der Waals surface area (Å²) in [6.07, 6.45) is 3.93. The summed E-state index contributed by atoms with van der Waals surface area (Å²) in [7, 11) is 0. The highest BCUT2D eigenvalue weighted by molar-refractivity contribution is 7.99. The zero-order valence-corrected chi connectivity index (χ0v) is 12.5. The molecule has 1 nitrogen and oxygen atoms in total. The van der Waals surface area contributed by atoms with Gasteiger partial charge in [-0.05, 0) is 34.6 Å². The molecule has 19 heavy (non-hydrogen) atoms. The second-order valence-corrected chi connectivity index (χ2v) is 6.14. The summed E-state index contributed by atoms with van der Waals surface area (Å²) >= 11 is 1.98. The standard InChI is InChI=1S/C17H23NS/c1-2-3-6-11-19-13-17(18)16-10-9-14-7-4-5-8-15(14)12-16/h4-5,7-10,12,17H,2-3,6,11,13,18H2,1H3. The van der Waals surface area contributed by atoms with Crippen LogP contribution in [-0.4, -0.2) is 11.5 Å². The van der Waals surface area contributed by atoms with Gasteiger partial charge in [0.2, 0.25) is 0 Å². The zero-order valence-electron chi connectivity index (χ0n) is 11.6. The Morgan fingerprint density at radius 3 is 2.63 bits per heavy atom. The van der Waals surface area contributed by atoms with Crippen LogP contribution in [0.1, 0.15) is 37.8 Å². The molecule has 0 bridgehead atoms. The first-order valence-corrected chi connectivity index (χ1v) is 8.28. The first-order valence-electron chi connectivity index (χ1n) is 7.13. The normalized spacial score (nSPS) is 12.7. The van der Waals surface area contributed by atoms with Crippen LogP contribution >= 0.6 is 11.8 Å². The molecule has 2 heteroatoms. The predicted molar refractivity (Wildman–Crippen MR) is 87.7 cm³/mol. The van der Waals surface area contributed by atoms with Gasteiger partial charge >= 0.3 is 0 Å². The van der Waals surface area contributed by atoms with E-state index in [0.717, 1.165) is 5.75 Å². The fraction of sp³-hybridized carbons (Fsp3) is 0.412. The van der Waals surface area contributed by atoms with Crippen molar-refractivity contribution in [1.29, 1.82) is 0 Å². The van der Waals surface area contributed by atoms with Crippen LogP contribution in [-0.2, 0) is 0 Å². The van der Waals surface area contributed by atoms with E-state index in [0.29, 0.717) is 0 Å². The molecule has 0 radical (unpaired) electrons. The Morgan fingerprint density at radius 1 is 1.05 bits per heavy atom. The molecular weight excluding hydrogens is 250 g/mol. The van der Waals surface area contributed by atoms with Crippen molar-refractivity contribution in [2.75, 3.05) is 11.5 Å². The lowest BCUT2D eigenvalue weighted by molar-refractivity contribution is 0.775. The van der Waals surface area contributed by atoms with Crippen molar-refractivity contribution >= 4 is 22.5 Å². The molecule has 0 saturated carbocycles. The highest BCUT2D eigenvalue weighted by Gasteiger charge is 2.06. The Kier molecular flexibility index (Phi) is 5.74. The monoisotopic (exact) mass is 273 g/mol. The number of unbranched alkanes of at least 4 members (excludes halogenated alkanes) is 2. The molecule has 2 N–H and O–H groups in total. The van der Waals surface area contributed by atoms with Crippen molar-refractivity contribution in [2.45, 2.75) is 32.2 Å². The summed E-state index contributed by atoms with van der Waals surface area (Å²) in [5, 5.41) is 2.57. The number of rotatable bonds is 7. The predicted octanol–water partition coefficient (Wildman–Crippen LogP) is 4.76. The Balaban J connectivity index is 1.91. The summed E-state index contributed by atoms with van der Waals surface area (Å²) in [4.78, 5) is 0. The largest absolute Gasteiger partial charge is 0.323 e. The fourth-order valence-corrected chi connectivity index (χ4v) is 3.22. The molecule has 2 aromatic rings. The summed E-state index contributed by atoms with van der Waals surface area (Å²) in [6.45, 7) is 2.24. The number of nitrogens with two attached hydrogens (primary N) is 1. The highest BCUT2D eigenvalue weighted by Crippen LogP contribution is 2.22. The third kappa shape index (κ3) is 4.26. The second-order valence-electron chi connectivity index (χ2n) is 5.00. The van der Waals surface area contributed by atoms with Gasteiger partial charge in [0.15, 0.2) is 0 Å². The molecule has 0 saturated heterocycles. The molecular formula is C17H23NS. The van der Waals surface area contributed by atoms with E-state index in [9.17, 15) is 0 Å². The average molecular weight is 273 g/mol. The molecule has 0 aliphatic rings. The van der Waals surface area contributed by atoms with Gasteiger partial charge in [-0.15, -0.1) is 0 Å². The lowest BCUT2D eigenvalue weighted by atomic mass is 10.0. The van der Waals surface area contributed by atoms with Gasteiger partial charge in [-0.1, -0.05) is 56.2 Å². The Bertz CT molecular complexity index is 509. The quantitative estimate of drug-likeness (QED) is 0.736. The topological polar surface area (TPSA) is 26.0 Å². The molecule has 0 aliphatic heterocycles. The lowest BCUT2D eigenvalue weighted by Crippen LogP contribution is -2.13. The lowest BCUT2D eigenvalue weighted by Gasteiger charge is -2.12. The van der Waals surface area contributed by atoms with E-state index in [2.05, 4.69) is 49.4 Å². The van der Waals surface area contributed by atoms with Crippen molar-refractivity contribution in [3.8, 4) is 0 Å². The fourth-order valence-electron chi connectivity index (χ4n) is 2.20. The van der Waals surface area contributed by atoms with Gasteiger partial charge in [0.05, 0.1) is 0 Å². The van der Waals surface area contributed by atoms with E-state index >= 15 is 0 Å².